The molecule has 0 heterocycles. The highest BCUT2D eigenvalue weighted by Gasteiger charge is 2.25. The fourth-order valence-corrected chi connectivity index (χ4v) is 2.64. The van der Waals surface area contributed by atoms with E-state index in [2.05, 4.69) is 16.0 Å². The van der Waals surface area contributed by atoms with E-state index in [9.17, 15) is 14.4 Å². The second kappa shape index (κ2) is 8.34. The molecule has 29 heavy (non-hydrogen) atoms. The summed E-state index contributed by atoms with van der Waals surface area (Å²) in [5.74, 6) is -0.590. The standard InChI is InChI=1S/C22H25N3O4/c1-22(2,3)29-21(28)24-16-8-6-7-14(13-16)19(26)25-18-10-5-4-9-17(18)20(27)23-15-11-12-15/h4-10,13,15H,11-12H2,1-3H3,(H,23,27)(H,24,28)(H,25,26). The van der Waals surface area contributed by atoms with Gasteiger partial charge in [-0.2, -0.15) is 0 Å². The molecule has 1 saturated carbocycles. The average molecular weight is 395 g/mol. The largest absolute Gasteiger partial charge is 0.444 e. The first kappa shape index (κ1) is 20.4. The van der Waals surface area contributed by atoms with Crippen molar-refractivity contribution >= 4 is 29.3 Å². The monoisotopic (exact) mass is 395 g/mol. The molecule has 3 amide bonds. The lowest BCUT2D eigenvalue weighted by Gasteiger charge is -2.19. The minimum Gasteiger partial charge on any atom is -0.444 e. The van der Waals surface area contributed by atoms with Crippen LogP contribution in [-0.2, 0) is 4.74 Å². The van der Waals surface area contributed by atoms with Crippen molar-refractivity contribution < 1.29 is 19.1 Å². The summed E-state index contributed by atoms with van der Waals surface area (Å²) in [4.78, 5) is 37.0. The van der Waals surface area contributed by atoms with Gasteiger partial charge < -0.3 is 15.4 Å². The van der Waals surface area contributed by atoms with Gasteiger partial charge in [-0.3, -0.25) is 14.9 Å². The van der Waals surface area contributed by atoms with Gasteiger partial charge >= 0.3 is 6.09 Å². The van der Waals surface area contributed by atoms with Gasteiger partial charge in [-0.15, -0.1) is 0 Å². The summed E-state index contributed by atoms with van der Waals surface area (Å²) in [6, 6.07) is 13.6. The quantitative estimate of drug-likeness (QED) is 0.708. The number of anilines is 2. The topological polar surface area (TPSA) is 96.5 Å². The lowest BCUT2D eigenvalue weighted by Crippen LogP contribution is -2.27. The van der Waals surface area contributed by atoms with Crippen molar-refractivity contribution in [1.82, 2.24) is 5.32 Å². The number of benzene rings is 2. The summed E-state index contributed by atoms with van der Waals surface area (Å²) in [5.41, 5.74) is 1.00. The van der Waals surface area contributed by atoms with E-state index in [0.717, 1.165) is 12.8 Å². The Labute approximate surface area is 169 Å². The SMILES string of the molecule is CC(C)(C)OC(=O)Nc1cccc(C(=O)Nc2ccccc2C(=O)NC2CC2)c1. The molecule has 0 bridgehead atoms. The van der Waals surface area contributed by atoms with Gasteiger partial charge in [0.05, 0.1) is 11.3 Å². The van der Waals surface area contributed by atoms with E-state index >= 15 is 0 Å². The van der Waals surface area contributed by atoms with Gasteiger partial charge in [0.25, 0.3) is 11.8 Å². The zero-order valence-corrected chi connectivity index (χ0v) is 16.7. The minimum absolute atomic E-state index is 0.205. The third kappa shape index (κ3) is 6.07. The van der Waals surface area contributed by atoms with Crippen LogP contribution in [0.1, 0.15) is 54.3 Å². The van der Waals surface area contributed by atoms with Crippen LogP contribution in [0.2, 0.25) is 0 Å². The van der Waals surface area contributed by atoms with E-state index in [-0.39, 0.29) is 17.9 Å². The van der Waals surface area contributed by atoms with E-state index in [1.807, 2.05) is 0 Å². The Balaban J connectivity index is 1.70. The second-order valence-corrected chi connectivity index (χ2v) is 7.96. The molecule has 7 nitrogen and oxygen atoms in total. The maximum Gasteiger partial charge on any atom is 0.412 e. The highest BCUT2D eigenvalue weighted by Crippen LogP contribution is 2.22. The van der Waals surface area contributed by atoms with Gasteiger partial charge in [-0.05, 0) is 63.9 Å². The van der Waals surface area contributed by atoms with Gasteiger partial charge in [-0.1, -0.05) is 18.2 Å². The molecule has 7 heteroatoms. The molecule has 1 aliphatic rings. The molecule has 1 aliphatic carbocycles. The van der Waals surface area contributed by atoms with Crippen LogP contribution in [-0.4, -0.2) is 29.6 Å². The number of para-hydroxylation sites is 1. The van der Waals surface area contributed by atoms with Crippen molar-refractivity contribution in [3.05, 3.63) is 59.7 Å². The predicted molar refractivity (Wildman–Crippen MR) is 111 cm³/mol. The van der Waals surface area contributed by atoms with Gasteiger partial charge in [0.2, 0.25) is 0 Å². The Kier molecular flexibility index (Phi) is 5.87. The lowest BCUT2D eigenvalue weighted by atomic mass is 10.1. The van der Waals surface area contributed by atoms with Crippen LogP contribution in [0, 0.1) is 0 Å². The molecule has 3 rings (SSSR count). The molecule has 152 valence electrons. The molecule has 2 aromatic carbocycles. The summed E-state index contributed by atoms with van der Waals surface area (Å²) in [5, 5.41) is 8.31. The first-order chi connectivity index (χ1) is 13.7. The Bertz CT molecular complexity index is 930. The fourth-order valence-electron chi connectivity index (χ4n) is 2.64. The molecule has 0 aromatic heterocycles. The Morgan fingerprint density at radius 3 is 2.34 bits per heavy atom. The number of hydrogen-bond donors (Lipinski definition) is 3. The number of carbonyl (C=O) groups is 3. The van der Waals surface area contributed by atoms with Gasteiger partial charge in [-0.25, -0.2) is 4.79 Å². The lowest BCUT2D eigenvalue weighted by molar-refractivity contribution is 0.0635. The number of hydrogen-bond acceptors (Lipinski definition) is 4. The van der Waals surface area contributed by atoms with E-state index in [1.54, 1.807) is 69.3 Å². The highest BCUT2D eigenvalue weighted by molar-refractivity contribution is 6.09. The molecule has 0 unspecified atom stereocenters. The zero-order chi connectivity index (χ0) is 21.0. The van der Waals surface area contributed by atoms with E-state index in [0.29, 0.717) is 22.5 Å². The van der Waals surface area contributed by atoms with Crippen molar-refractivity contribution in [2.24, 2.45) is 0 Å². The van der Waals surface area contributed by atoms with Crippen LogP contribution in [0.5, 0.6) is 0 Å². The molecule has 0 aliphatic heterocycles. The van der Waals surface area contributed by atoms with Crippen molar-refractivity contribution in [1.29, 1.82) is 0 Å². The number of carbonyl (C=O) groups excluding carboxylic acids is 3. The Hall–Kier alpha value is -3.35. The Morgan fingerprint density at radius 2 is 1.66 bits per heavy atom. The van der Waals surface area contributed by atoms with Crippen molar-refractivity contribution in [3.63, 3.8) is 0 Å². The number of ether oxygens (including phenoxy) is 1. The molecule has 0 spiro atoms. The average Bonchev–Trinajstić information content (AvgIpc) is 3.44. The van der Waals surface area contributed by atoms with Crippen LogP contribution in [0.15, 0.2) is 48.5 Å². The van der Waals surface area contributed by atoms with E-state index in [1.165, 1.54) is 0 Å². The van der Waals surface area contributed by atoms with Crippen LogP contribution in [0.4, 0.5) is 16.2 Å². The molecular formula is C22H25N3O4. The molecule has 1 fully saturated rings. The third-order valence-corrected chi connectivity index (χ3v) is 4.10. The molecule has 0 radical (unpaired) electrons. The van der Waals surface area contributed by atoms with Gasteiger partial charge in [0.1, 0.15) is 5.60 Å². The number of nitrogens with one attached hydrogen (secondary N) is 3. The van der Waals surface area contributed by atoms with Crippen molar-refractivity contribution in [2.45, 2.75) is 45.3 Å². The minimum atomic E-state index is -0.621. The van der Waals surface area contributed by atoms with Crippen LogP contribution < -0.4 is 16.0 Å². The zero-order valence-electron chi connectivity index (χ0n) is 16.7. The second-order valence-electron chi connectivity index (χ2n) is 7.96. The third-order valence-electron chi connectivity index (χ3n) is 4.10. The van der Waals surface area contributed by atoms with Gasteiger partial charge in [0, 0.05) is 17.3 Å². The maximum atomic E-state index is 12.7. The normalized spacial score (nSPS) is 13.3. The summed E-state index contributed by atoms with van der Waals surface area (Å²) in [6.07, 6.45) is 1.37. The van der Waals surface area contributed by atoms with Gasteiger partial charge in [0.15, 0.2) is 0 Å². The number of rotatable bonds is 5. The maximum absolute atomic E-state index is 12.7. The molecule has 2 aromatic rings. The van der Waals surface area contributed by atoms with Crippen LogP contribution in [0.3, 0.4) is 0 Å². The highest BCUT2D eigenvalue weighted by atomic mass is 16.6. The molecule has 3 N–H and O–H groups in total. The molecule has 0 atom stereocenters. The van der Waals surface area contributed by atoms with Crippen LogP contribution in [0.25, 0.3) is 0 Å². The smallest absolute Gasteiger partial charge is 0.412 e. The summed E-state index contributed by atoms with van der Waals surface area (Å²) in [6.45, 7) is 5.31. The molecule has 0 saturated heterocycles. The molecular weight excluding hydrogens is 370 g/mol. The van der Waals surface area contributed by atoms with Crippen molar-refractivity contribution in [2.75, 3.05) is 10.6 Å². The van der Waals surface area contributed by atoms with E-state index in [4.69, 9.17) is 4.74 Å². The fraction of sp³-hybridized carbons (Fsp3) is 0.318. The van der Waals surface area contributed by atoms with E-state index < -0.39 is 11.7 Å². The Morgan fingerprint density at radius 1 is 0.931 bits per heavy atom. The summed E-state index contributed by atoms with van der Waals surface area (Å²) >= 11 is 0. The number of amides is 3. The summed E-state index contributed by atoms with van der Waals surface area (Å²) < 4.78 is 5.22. The first-order valence-corrected chi connectivity index (χ1v) is 9.52. The predicted octanol–water partition coefficient (Wildman–Crippen LogP) is 4.18. The summed E-state index contributed by atoms with van der Waals surface area (Å²) in [7, 11) is 0. The first-order valence-electron chi connectivity index (χ1n) is 9.52. The van der Waals surface area contributed by atoms with Crippen LogP contribution >= 0.6 is 0 Å². The van der Waals surface area contributed by atoms with Crippen molar-refractivity contribution in [3.8, 4) is 0 Å².